The molecule has 1 N–H and O–H groups in total. The van der Waals surface area contributed by atoms with Crippen LogP contribution in [0.15, 0.2) is 18.6 Å². The number of hydrogen-bond acceptors (Lipinski definition) is 4. The van der Waals surface area contributed by atoms with Crippen LogP contribution >= 0.6 is 11.3 Å². The summed E-state index contributed by atoms with van der Waals surface area (Å²) in [5.41, 5.74) is 1.08. The molecule has 1 fully saturated rings. The predicted molar refractivity (Wildman–Crippen MR) is 123 cm³/mol. The van der Waals surface area contributed by atoms with Gasteiger partial charge in [0, 0.05) is 24.6 Å². The fourth-order valence-electron chi connectivity index (χ4n) is 3.75. The summed E-state index contributed by atoms with van der Waals surface area (Å²) in [6, 6.07) is 1.76. The van der Waals surface area contributed by atoms with Gasteiger partial charge >= 0.3 is 5.97 Å². The molecular weight excluding hydrogens is 410 g/mol. The molecule has 166 valence electrons. The van der Waals surface area contributed by atoms with E-state index in [1.54, 1.807) is 23.5 Å². The van der Waals surface area contributed by atoms with Crippen LogP contribution in [0, 0.1) is 29.1 Å². The van der Waals surface area contributed by atoms with E-state index in [2.05, 4.69) is 23.7 Å². The number of aromatic nitrogens is 2. The third-order valence-electron chi connectivity index (χ3n) is 5.63. The Labute approximate surface area is 188 Å². The number of carboxylic acids is 1. The molecule has 1 amide bonds. The molecule has 0 spiro atoms. The number of aromatic carboxylic acids is 1. The largest absolute Gasteiger partial charge is 0.477 e. The highest BCUT2D eigenvalue weighted by Crippen LogP contribution is 2.36. The lowest BCUT2D eigenvalue weighted by molar-refractivity contribution is -0.123. The van der Waals surface area contributed by atoms with E-state index in [9.17, 15) is 14.7 Å². The van der Waals surface area contributed by atoms with E-state index in [0.29, 0.717) is 16.5 Å². The summed E-state index contributed by atoms with van der Waals surface area (Å²) >= 11 is 1.13. The molecule has 0 bridgehead atoms. The van der Waals surface area contributed by atoms with Crippen molar-refractivity contribution in [3.63, 3.8) is 0 Å². The average Bonchev–Trinajstić information content (AvgIpc) is 3.30. The first-order chi connectivity index (χ1) is 14.5. The van der Waals surface area contributed by atoms with Gasteiger partial charge in [-0.2, -0.15) is 0 Å². The van der Waals surface area contributed by atoms with E-state index in [1.807, 2.05) is 32.4 Å². The number of carbonyl (C=O) groups excluding carboxylic acids is 1. The monoisotopic (exact) mass is 441 g/mol. The van der Waals surface area contributed by atoms with Gasteiger partial charge in [-0.05, 0) is 58.4 Å². The molecule has 0 unspecified atom stereocenters. The minimum Gasteiger partial charge on any atom is -0.477 e. The van der Waals surface area contributed by atoms with Crippen LogP contribution in [0.4, 0.5) is 5.69 Å². The molecular formula is C24H31N3O3S. The van der Waals surface area contributed by atoms with Gasteiger partial charge in [0.2, 0.25) is 5.91 Å². The Morgan fingerprint density at radius 2 is 1.97 bits per heavy atom. The highest BCUT2D eigenvalue weighted by Gasteiger charge is 2.32. The Morgan fingerprint density at radius 1 is 1.29 bits per heavy atom. The van der Waals surface area contributed by atoms with Gasteiger partial charge in [-0.15, -0.1) is 11.3 Å². The van der Waals surface area contributed by atoms with Crippen molar-refractivity contribution < 1.29 is 14.7 Å². The van der Waals surface area contributed by atoms with Crippen LogP contribution in [0.5, 0.6) is 0 Å². The summed E-state index contributed by atoms with van der Waals surface area (Å²) < 4.78 is 1.86. The summed E-state index contributed by atoms with van der Waals surface area (Å²) in [4.78, 5) is 32.3. The third kappa shape index (κ3) is 5.76. The molecule has 7 heteroatoms. The lowest BCUT2D eigenvalue weighted by atomic mass is 9.82. The SMILES string of the molecule is Cn1cncc1CN(c1cc(C#CC(C)(C)C)sc1C(=O)O)C(=O)[C@H]1CC[C@H](C)CC1. The lowest BCUT2D eigenvalue weighted by Crippen LogP contribution is -2.38. The van der Waals surface area contributed by atoms with E-state index in [-0.39, 0.29) is 28.7 Å². The highest BCUT2D eigenvalue weighted by molar-refractivity contribution is 7.15. The molecule has 0 saturated heterocycles. The Balaban J connectivity index is 2.02. The number of rotatable bonds is 5. The van der Waals surface area contributed by atoms with Crippen LogP contribution in [-0.2, 0) is 18.4 Å². The Bertz CT molecular complexity index is 1010. The molecule has 0 atom stereocenters. The quantitative estimate of drug-likeness (QED) is 0.667. The van der Waals surface area contributed by atoms with Gasteiger partial charge in [-0.25, -0.2) is 9.78 Å². The zero-order valence-electron chi connectivity index (χ0n) is 18.9. The minimum absolute atomic E-state index is 0.0104. The highest BCUT2D eigenvalue weighted by atomic mass is 32.1. The normalized spacial score (nSPS) is 18.9. The summed E-state index contributed by atoms with van der Waals surface area (Å²) in [6.45, 7) is 8.53. The molecule has 3 rings (SSSR count). The van der Waals surface area contributed by atoms with Gasteiger partial charge < -0.3 is 14.6 Å². The van der Waals surface area contributed by atoms with E-state index in [0.717, 1.165) is 42.7 Å². The van der Waals surface area contributed by atoms with Crippen LogP contribution in [0.1, 0.15) is 73.6 Å². The Hall–Kier alpha value is -2.59. The molecule has 6 nitrogen and oxygen atoms in total. The second-order valence-electron chi connectivity index (χ2n) is 9.51. The number of nitrogens with zero attached hydrogens (tertiary/aromatic N) is 3. The van der Waals surface area contributed by atoms with E-state index >= 15 is 0 Å². The zero-order chi connectivity index (χ0) is 22.8. The number of carbonyl (C=O) groups is 2. The van der Waals surface area contributed by atoms with Gasteiger partial charge in [0.25, 0.3) is 0 Å². The maximum absolute atomic E-state index is 13.6. The molecule has 2 heterocycles. The Morgan fingerprint density at radius 3 is 2.52 bits per heavy atom. The molecule has 2 aromatic heterocycles. The summed E-state index contributed by atoms with van der Waals surface area (Å²) in [5, 5.41) is 9.87. The van der Waals surface area contributed by atoms with Crippen molar-refractivity contribution in [2.45, 2.75) is 59.9 Å². The number of imidazole rings is 1. The van der Waals surface area contributed by atoms with Gasteiger partial charge in [0.1, 0.15) is 4.88 Å². The first-order valence-electron chi connectivity index (χ1n) is 10.7. The van der Waals surface area contributed by atoms with Crippen LogP contribution in [0.2, 0.25) is 0 Å². The Kier molecular flexibility index (Phi) is 6.90. The minimum atomic E-state index is -1.04. The van der Waals surface area contributed by atoms with Crippen molar-refractivity contribution in [1.82, 2.24) is 9.55 Å². The maximum Gasteiger partial charge on any atom is 0.348 e. The van der Waals surface area contributed by atoms with Crippen LogP contribution < -0.4 is 4.90 Å². The first kappa shape index (κ1) is 23.1. The third-order valence-corrected chi connectivity index (χ3v) is 6.65. The number of hydrogen-bond donors (Lipinski definition) is 1. The average molecular weight is 442 g/mol. The molecule has 31 heavy (non-hydrogen) atoms. The molecule has 2 aromatic rings. The summed E-state index contributed by atoms with van der Waals surface area (Å²) in [7, 11) is 1.87. The number of carboxylic acid groups (broad SMARTS) is 1. The molecule has 0 aliphatic heterocycles. The first-order valence-corrected chi connectivity index (χ1v) is 11.5. The molecule has 1 aliphatic carbocycles. The number of thiophene rings is 1. The zero-order valence-corrected chi connectivity index (χ0v) is 19.8. The van der Waals surface area contributed by atoms with Crippen LogP contribution in [-0.4, -0.2) is 26.5 Å². The van der Waals surface area contributed by atoms with E-state index in [1.165, 1.54) is 0 Å². The molecule has 0 radical (unpaired) electrons. The van der Waals surface area contributed by atoms with Gasteiger partial charge in [0.15, 0.2) is 0 Å². The number of amides is 1. The van der Waals surface area contributed by atoms with Crippen molar-refractivity contribution >= 4 is 28.9 Å². The standard InChI is InChI=1S/C24H31N3O3S/c1-16-6-8-17(9-7-16)22(28)27(14-18-13-25-15-26(18)5)20-12-19(10-11-24(2,3)4)31-21(20)23(29)30/h12-13,15-17H,6-9,14H2,1-5H3,(H,29,30)/t16-,17-. The smallest absolute Gasteiger partial charge is 0.348 e. The maximum atomic E-state index is 13.6. The molecule has 1 saturated carbocycles. The van der Waals surface area contributed by atoms with Gasteiger partial charge in [-0.1, -0.05) is 18.8 Å². The van der Waals surface area contributed by atoms with E-state index < -0.39 is 5.97 Å². The lowest BCUT2D eigenvalue weighted by Gasteiger charge is -2.31. The van der Waals surface area contributed by atoms with Gasteiger partial charge in [-0.3, -0.25) is 4.79 Å². The summed E-state index contributed by atoms with van der Waals surface area (Å²) in [6.07, 6.45) is 7.13. The fraction of sp³-hybridized carbons (Fsp3) is 0.542. The van der Waals surface area contributed by atoms with Crippen molar-refractivity contribution in [2.75, 3.05) is 4.90 Å². The van der Waals surface area contributed by atoms with Crippen molar-refractivity contribution in [2.24, 2.45) is 24.3 Å². The van der Waals surface area contributed by atoms with Crippen molar-refractivity contribution in [1.29, 1.82) is 0 Å². The second-order valence-corrected chi connectivity index (χ2v) is 10.6. The topological polar surface area (TPSA) is 75.4 Å². The number of aryl methyl sites for hydroxylation is 1. The number of anilines is 1. The fourth-order valence-corrected chi connectivity index (χ4v) is 4.61. The van der Waals surface area contributed by atoms with Crippen molar-refractivity contribution in [3.05, 3.63) is 34.0 Å². The van der Waals surface area contributed by atoms with Gasteiger partial charge in [0.05, 0.1) is 29.1 Å². The molecule has 0 aromatic carbocycles. The van der Waals surface area contributed by atoms with Crippen LogP contribution in [0.3, 0.4) is 0 Å². The second kappa shape index (κ2) is 9.27. The molecule has 1 aliphatic rings. The van der Waals surface area contributed by atoms with E-state index in [4.69, 9.17) is 0 Å². The van der Waals surface area contributed by atoms with Crippen molar-refractivity contribution in [3.8, 4) is 11.8 Å². The predicted octanol–water partition coefficient (Wildman–Crippen LogP) is 4.94. The summed E-state index contributed by atoms with van der Waals surface area (Å²) in [5.74, 6) is 5.75. The van der Waals surface area contributed by atoms with Crippen LogP contribution in [0.25, 0.3) is 0 Å².